The number of nitrogens with two attached hydrogens (primary N) is 2. The first-order valence-corrected chi connectivity index (χ1v) is 13.0. The number of hydrazine groups is 1. The summed E-state index contributed by atoms with van der Waals surface area (Å²) in [5.41, 5.74) is 10.9. The van der Waals surface area contributed by atoms with E-state index in [4.69, 9.17) is 41.7 Å². The molecule has 1 heterocycles. The number of nitrogens with zero attached hydrogens (tertiary/aromatic N) is 1. The molecule has 11 nitrogen and oxygen atoms in total. The van der Waals surface area contributed by atoms with Gasteiger partial charge in [0.15, 0.2) is 0 Å². The van der Waals surface area contributed by atoms with Crippen molar-refractivity contribution in [2.75, 3.05) is 71.4 Å². The molecule has 1 atom stereocenters. The molecule has 1 amide bonds. The van der Waals surface area contributed by atoms with E-state index in [0.29, 0.717) is 70.0 Å². The second kappa shape index (κ2) is 22.8. The molecule has 220 valence electrons. The Morgan fingerprint density at radius 1 is 1.10 bits per heavy atom. The number of hydrogen-bond donors (Lipinski definition) is 3. The van der Waals surface area contributed by atoms with Crippen LogP contribution in [-0.4, -0.2) is 78.4 Å². The zero-order valence-electron chi connectivity index (χ0n) is 24.0. The molecular formula is C28H46N4O7. The lowest BCUT2D eigenvalue weighted by Gasteiger charge is -2.32. The number of terminal acetylenes is 1. The van der Waals surface area contributed by atoms with Crippen LogP contribution in [0.1, 0.15) is 43.6 Å². The predicted octanol–water partition coefficient (Wildman–Crippen LogP) is 1.99. The van der Waals surface area contributed by atoms with Gasteiger partial charge >= 0.3 is 5.97 Å². The van der Waals surface area contributed by atoms with Crippen molar-refractivity contribution in [2.24, 2.45) is 17.5 Å². The molecule has 39 heavy (non-hydrogen) atoms. The summed E-state index contributed by atoms with van der Waals surface area (Å²) in [6, 6.07) is 5.36. The molecule has 1 aromatic rings. The first-order valence-electron chi connectivity index (χ1n) is 13.0. The van der Waals surface area contributed by atoms with Crippen molar-refractivity contribution < 1.29 is 33.3 Å². The van der Waals surface area contributed by atoms with E-state index < -0.39 is 0 Å². The average molecular weight is 551 g/mol. The number of ether oxygens (including phenoxy) is 5. The average Bonchev–Trinajstić information content (AvgIpc) is 2.93. The maximum Gasteiger partial charge on any atom is 0.337 e. The van der Waals surface area contributed by atoms with Gasteiger partial charge < -0.3 is 39.7 Å². The van der Waals surface area contributed by atoms with Crippen molar-refractivity contribution in [2.45, 2.75) is 34.1 Å². The number of esters is 1. The number of benzene rings is 1. The zero-order valence-corrected chi connectivity index (χ0v) is 24.0. The highest BCUT2D eigenvalue weighted by Crippen LogP contribution is 2.30. The lowest BCUT2D eigenvalue weighted by Crippen LogP contribution is -2.37. The molecule has 1 aromatic carbocycles. The van der Waals surface area contributed by atoms with Crippen molar-refractivity contribution in [3.63, 3.8) is 0 Å². The van der Waals surface area contributed by atoms with Crippen LogP contribution < -0.4 is 21.9 Å². The maximum absolute atomic E-state index is 11.6. The van der Waals surface area contributed by atoms with Crippen LogP contribution in [0.25, 0.3) is 0 Å². The third-order valence-corrected chi connectivity index (χ3v) is 5.07. The van der Waals surface area contributed by atoms with Gasteiger partial charge in [-0.15, -0.1) is 6.42 Å². The van der Waals surface area contributed by atoms with Crippen LogP contribution in [0.3, 0.4) is 0 Å². The van der Waals surface area contributed by atoms with E-state index in [9.17, 15) is 9.59 Å². The van der Waals surface area contributed by atoms with Crippen LogP contribution >= 0.6 is 0 Å². The van der Waals surface area contributed by atoms with Crippen LogP contribution in [0.4, 0.5) is 5.69 Å². The Kier molecular flexibility index (Phi) is 21.0. The first kappa shape index (κ1) is 35.9. The molecule has 11 heteroatoms. The lowest BCUT2D eigenvalue weighted by atomic mass is 9.92. The van der Waals surface area contributed by atoms with Gasteiger partial charge in [-0.25, -0.2) is 4.79 Å². The molecule has 0 saturated heterocycles. The fourth-order valence-electron chi connectivity index (χ4n) is 3.43. The van der Waals surface area contributed by atoms with Crippen LogP contribution in [0, 0.1) is 18.3 Å². The van der Waals surface area contributed by atoms with E-state index >= 15 is 0 Å². The number of fused-ring (bicyclic) bond motifs is 1. The smallest absolute Gasteiger partial charge is 0.337 e. The van der Waals surface area contributed by atoms with Gasteiger partial charge in [0.05, 0.1) is 64.6 Å². The number of hydrogen-bond acceptors (Lipinski definition) is 10. The highest BCUT2D eigenvalue weighted by Gasteiger charge is 2.25. The van der Waals surface area contributed by atoms with Crippen LogP contribution in [0.15, 0.2) is 30.1 Å². The summed E-state index contributed by atoms with van der Waals surface area (Å²) in [6.45, 7) is 12.0. The van der Waals surface area contributed by atoms with E-state index in [1.165, 1.54) is 13.3 Å². The number of amides is 1. The van der Waals surface area contributed by atoms with Crippen molar-refractivity contribution in [3.05, 3.63) is 41.2 Å². The van der Waals surface area contributed by atoms with Crippen molar-refractivity contribution in [1.82, 2.24) is 5.43 Å². The van der Waals surface area contributed by atoms with Gasteiger partial charge in [0.25, 0.3) is 0 Å². The third-order valence-electron chi connectivity index (χ3n) is 5.07. The molecule has 1 unspecified atom stereocenters. The Balaban J connectivity index is 0.000000696. The minimum absolute atomic E-state index is 0.0358. The van der Waals surface area contributed by atoms with E-state index in [-0.39, 0.29) is 11.9 Å². The van der Waals surface area contributed by atoms with Crippen molar-refractivity contribution in [1.29, 1.82) is 0 Å². The summed E-state index contributed by atoms with van der Waals surface area (Å²) < 4.78 is 25.5. The highest BCUT2D eigenvalue weighted by atomic mass is 16.6. The second-order valence-electron chi connectivity index (χ2n) is 8.19. The molecule has 0 fully saturated rings. The van der Waals surface area contributed by atoms with E-state index in [0.717, 1.165) is 24.2 Å². The van der Waals surface area contributed by atoms with Crippen LogP contribution in [0.5, 0.6) is 0 Å². The van der Waals surface area contributed by atoms with Gasteiger partial charge in [-0.05, 0) is 36.1 Å². The Bertz CT molecular complexity index is 902. The van der Waals surface area contributed by atoms with Crippen LogP contribution in [-0.2, 0) is 34.9 Å². The van der Waals surface area contributed by atoms with E-state index in [1.807, 2.05) is 26.0 Å². The minimum atomic E-state index is -0.342. The monoisotopic (exact) mass is 550 g/mol. The summed E-state index contributed by atoms with van der Waals surface area (Å²) in [7, 11) is 1.37. The van der Waals surface area contributed by atoms with Crippen molar-refractivity contribution >= 4 is 17.6 Å². The molecule has 5 N–H and O–H groups in total. The molecule has 0 spiro atoms. The lowest BCUT2D eigenvalue weighted by molar-refractivity contribution is -0.116. The number of carbonyl (C=O) groups is 2. The standard InChI is InChI=1S/C14H17NO3.C12H23N3O4.C2H6/c1-9-6-12-7-11(14(17)18-3)4-5-13(12)15(8-9)10(2)16;1-2-3-16-4-5-17-6-7-18-8-9-19-11-12(13)10-15-14;1-2/h4-5,7,9H,6,8H2,1-3H3;1,10,15H,3-9,11,13-14H2;1-2H3/b;12-10-;. The molecule has 2 rings (SSSR count). The second-order valence-corrected chi connectivity index (χ2v) is 8.19. The molecule has 0 bridgehead atoms. The van der Waals surface area contributed by atoms with Gasteiger partial charge in [0.2, 0.25) is 5.91 Å². The Labute approximate surface area is 233 Å². The molecule has 0 radical (unpaired) electrons. The number of carbonyl (C=O) groups excluding carboxylic acids is 2. The fourth-order valence-corrected chi connectivity index (χ4v) is 3.43. The molecule has 1 aliphatic rings. The topological polar surface area (TPSA) is 148 Å². The maximum atomic E-state index is 11.6. The fraction of sp³-hybridized carbons (Fsp3) is 0.571. The molecule has 1 aliphatic heterocycles. The summed E-state index contributed by atoms with van der Waals surface area (Å²) in [6.07, 6.45) is 7.36. The van der Waals surface area contributed by atoms with Gasteiger partial charge in [-0.1, -0.05) is 26.7 Å². The number of nitrogens with one attached hydrogen (secondary N) is 1. The SMILES string of the molecule is C#CCOCCOCCOCCOC/C(N)=C/NN.CC.COC(=O)c1ccc2c(c1)CC(C)CN2C(C)=O. The summed E-state index contributed by atoms with van der Waals surface area (Å²) in [5, 5.41) is 0. The van der Waals surface area contributed by atoms with Gasteiger partial charge in [-0.3, -0.25) is 10.6 Å². The largest absolute Gasteiger partial charge is 0.465 e. The van der Waals surface area contributed by atoms with E-state index in [2.05, 4.69) is 18.3 Å². The number of rotatable bonds is 14. The molecular weight excluding hydrogens is 504 g/mol. The summed E-state index contributed by atoms with van der Waals surface area (Å²) in [4.78, 5) is 24.9. The Morgan fingerprint density at radius 2 is 1.69 bits per heavy atom. The van der Waals surface area contributed by atoms with Crippen LogP contribution in [0.2, 0.25) is 0 Å². The Hall–Kier alpha value is -3.14. The van der Waals surface area contributed by atoms with Gasteiger partial charge in [0, 0.05) is 25.4 Å². The number of anilines is 1. The molecule has 0 aliphatic carbocycles. The third kappa shape index (κ3) is 15.8. The Morgan fingerprint density at radius 3 is 2.23 bits per heavy atom. The zero-order chi connectivity index (χ0) is 29.5. The molecule has 0 aromatic heterocycles. The van der Waals surface area contributed by atoms with Crippen molar-refractivity contribution in [3.8, 4) is 12.3 Å². The predicted molar refractivity (Wildman–Crippen MR) is 152 cm³/mol. The summed E-state index contributed by atoms with van der Waals surface area (Å²) >= 11 is 0. The minimum Gasteiger partial charge on any atom is -0.465 e. The van der Waals surface area contributed by atoms with Gasteiger partial charge in [0.1, 0.15) is 6.61 Å². The van der Waals surface area contributed by atoms with Gasteiger partial charge in [-0.2, -0.15) is 0 Å². The molecule has 0 saturated carbocycles. The number of methoxy groups -OCH3 is 1. The summed E-state index contributed by atoms with van der Waals surface area (Å²) in [5.74, 6) is 7.51. The first-order chi connectivity index (χ1) is 18.8. The highest BCUT2D eigenvalue weighted by molar-refractivity contribution is 5.95. The normalized spacial score (nSPS) is 14.0. The van der Waals surface area contributed by atoms with E-state index in [1.54, 1.807) is 17.9 Å². The quantitative estimate of drug-likeness (QED) is 0.103.